The second kappa shape index (κ2) is 12.9. The van der Waals surface area contributed by atoms with Gasteiger partial charge in [0, 0.05) is 24.8 Å². The van der Waals surface area contributed by atoms with Crippen LogP contribution in [-0.4, -0.2) is 51.0 Å². The quantitative estimate of drug-likeness (QED) is 0.259. The summed E-state index contributed by atoms with van der Waals surface area (Å²) < 4.78 is 49.2. The predicted octanol–water partition coefficient (Wildman–Crippen LogP) is 3.42. The number of guanidine groups is 1. The van der Waals surface area contributed by atoms with Crippen LogP contribution in [-0.2, 0) is 15.7 Å². The van der Waals surface area contributed by atoms with Gasteiger partial charge in [-0.2, -0.15) is 13.2 Å². The number of hydrogen-bond donors (Lipinski definition) is 2. The molecule has 1 aliphatic rings. The van der Waals surface area contributed by atoms with Crippen molar-refractivity contribution in [3.63, 3.8) is 0 Å². The minimum Gasteiger partial charge on any atom is -0.379 e. The Balaban J connectivity index is 0.00000420. The molecule has 2 atom stereocenters. The fraction of sp³-hybridized carbons (Fsp3) is 0.550. The number of nitrogens with zero attached hydrogens (tertiary/aromatic N) is 1. The largest absolute Gasteiger partial charge is 0.416 e. The van der Waals surface area contributed by atoms with Crippen molar-refractivity contribution in [2.24, 2.45) is 4.99 Å². The van der Waals surface area contributed by atoms with Gasteiger partial charge in [-0.05, 0) is 38.5 Å². The smallest absolute Gasteiger partial charge is 0.379 e. The Kier molecular flexibility index (Phi) is 11.4. The van der Waals surface area contributed by atoms with Gasteiger partial charge in [0.15, 0.2) is 5.96 Å². The molecule has 29 heavy (non-hydrogen) atoms. The molecule has 1 heterocycles. The fourth-order valence-electron chi connectivity index (χ4n) is 2.55. The topological polar surface area (TPSA) is 54.9 Å². The maximum atomic E-state index is 12.7. The molecule has 0 aliphatic carbocycles. The Morgan fingerprint density at radius 3 is 2.86 bits per heavy atom. The van der Waals surface area contributed by atoms with Crippen LogP contribution in [0.3, 0.4) is 0 Å². The minimum absolute atomic E-state index is 0. The number of nitrogens with one attached hydrogen (secondary N) is 2. The van der Waals surface area contributed by atoms with E-state index < -0.39 is 11.7 Å². The van der Waals surface area contributed by atoms with E-state index in [9.17, 15) is 13.2 Å². The van der Waals surface area contributed by atoms with Crippen molar-refractivity contribution >= 4 is 29.9 Å². The van der Waals surface area contributed by atoms with Crippen LogP contribution in [0.15, 0.2) is 29.3 Å². The molecule has 0 spiro atoms. The van der Waals surface area contributed by atoms with Crippen LogP contribution < -0.4 is 10.6 Å². The summed E-state index contributed by atoms with van der Waals surface area (Å²) in [6, 6.07) is 4.99. The van der Waals surface area contributed by atoms with E-state index in [2.05, 4.69) is 27.5 Å². The molecular weight excluding hydrogens is 498 g/mol. The van der Waals surface area contributed by atoms with E-state index in [1.165, 1.54) is 6.07 Å². The molecule has 162 valence electrons. The molecule has 5 nitrogen and oxygen atoms in total. The number of rotatable bonds is 6. The fourth-order valence-corrected chi connectivity index (χ4v) is 2.55. The summed E-state index contributed by atoms with van der Waals surface area (Å²) in [5.41, 5.74) is -0.400. The third-order valence-electron chi connectivity index (χ3n) is 3.94. The third-order valence-corrected chi connectivity index (χ3v) is 3.94. The Bertz CT molecular complexity index is 711. The Morgan fingerprint density at radius 1 is 1.41 bits per heavy atom. The van der Waals surface area contributed by atoms with Crippen molar-refractivity contribution in [3.05, 3.63) is 35.4 Å². The van der Waals surface area contributed by atoms with E-state index in [0.29, 0.717) is 31.3 Å². The van der Waals surface area contributed by atoms with Crippen LogP contribution in [0.5, 0.6) is 0 Å². The van der Waals surface area contributed by atoms with E-state index in [0.717, 1.165) is 25.2 Å². The van der Waals surface area contributed by atoms with Crippen molar-refractivity contribution in [2.75, 3.05) is 32.9 Å². The number of halogens is 4. The van der Waals surface area contributed by atoms with E-state index in [1.54, 1.807) is 6.07 Å². The molecule has 1 fully saturated rings. The first kappa shape index (κ1) is 25.5. The summed E-state index contributed by atoms with van der Waals surface area (Å²) in [5.74, 6) is 6.09. The zero-order valence-corrected chi connectivity index (χ0v) is 18.8. The maximum absolute atomic E-state index is 12.7. The average molecular weight is 525 g/mol. The molecule has 0 amide bonds. The van der Waals surface area contributed by atoms with E-state index in [4.69, 9.17) is 9.47 Å². The minimum atomic E-state index is -4.37. The molecule has 1 saturated heterocycles. The third kappa shape index (κ3) is 9.69. The number of benzene rings is 1. The summed E-state index contributed by atoms with van der Waals surface area (Å²) >= 11 is 0. The molecule has 2 N–H and O–H groups in total. The zero-order valence-electron chi connectivity index (χ0n) is 16.5. The lowest BCUT2D eigenvalue weighted by Gasteiger charge is -2.19. The van der Waals surface area contributed by atoms with Crippen LogP contribution in [0.1, 0.15) is 31.4 Å². The lowest BCUT2D eigenvalue weighted by atomic mass is 10.1. The highest BCUT2D eigenvalue weighted by molar-refractivity contribution is 14.0. The van der Waals surface area contributed by atoms with Gasteiger partial charge in [-0.25, -0.2) is 4.99 Å². The first-order valence-corrected chi connectivity index (χ1v) is 9.28. The number of hydrogen-bond acceptors (Lipinski definition) is 3. The molecule has 9 heteroatoms. The highest BCUT2D eigenvalue weighted by atomic mass is 127. The molecule has 0 radical (unpaired) electrons. The van der Waals surface area contributed by atoms with Crippen molar-refractivity contribution < 1.29 is 22.6 Å². The van der Waals surface area contributed by atoms with Gasteiger partial charge in [0.2, 0.25) is 0 Å². The van der Waals surface area contributed by atoms with Crippen molar-refractivity contribution in [3.8, 4) is 11.8 Å². The van der Waals surface area contributed by atoms with Gasteiger partial charge in [-0.3, -0.25) is 0 Å². The van der Waals surface area contributed by atoms with E-state index in [-0.39, 0.29) is 42.7 Å². The second-order valence-corrected chi connectivity index (χ2v) is 6.44. The molecule has 1 aromatic rings. The van der Waals surface area contributed by atoms with Gasteiger partial charge in [0.25, 0.3) is 0 Å². The molecule has 2 unspecified atom stereocenters. The SMILES string of the molecule is CCNC(=NCC#Cc1cccc(C(F)(F)F)c1)NC(C)COC1CCOC1.I. The van der Waals surface area contributed by atoms with Crippen LogP contribution in [0.25, 0.3) is 0 Å². The van der Waals surface area contributed by atoms with Crippen LogP contribution in [0.4, 0.5) is 13.2 Å². The Labute approximate surface area is 186 Å². The summed E-state index contributed by atoms with van der Waals surface area (Å²) in [5, 5.41) is 6.34. The van der Waals surface area contributed by atoms with Crippen molar-refractivity contribution in [2.45, 2.75) is 38.6 Å². The molecule has 0 bridgehead atoms. The standard InChI is InChI=1S/C20H26F3N3O2.HI/c1-3-24-19(26-15(2)13-28-18-9-11-27-14-18)25-10-5-7-16-6-4-8-17(12-16)20(21,22)23;/h4,6,8,12,15,18H,3,9-11,13-14H2,1-2H3,(H2,24,25,26);1H. The molecule has 0 aromatic heterocycles. The van der Waals surface area contributed by atoms with Gasteiger partial charge in [0.05, 0.1) is 24.9 Å². The number of ether oxygens (including phenoxy) is 2. The Morgan fingerprint density at radius 2 is 2.21 bits per heavy atom. The van der Waals surface area contributed by atoms with Gasteiger partial charge in [-0.15, -0.1) is 24.0 Å². The van der Waals surface area contributed by atoms with Gasteiger partial charge in [-0.1, -0.05) is 17.9 Å². The molecule has 1 aromatic carbocycles. The molecule has 2 rings (SSSR count). The summed E-state index contributed by atoms with van der Waals surface area (Å²) in [7, 11) is 0. The maximum Gasteiger partial charge on any atom is 0.416 e. The summed E-state index contributed by atoms with van der Waals surface area (Å²) in [4.78, 5) is 4.34. The number of alkyl halides is 3. The van der Waals surface area contributed by atoms with Gasteiger partial charge < -0.3 is 20.1 Å². The van der Waals surface area contributed by atoms with Gasteiger partial charge in [0.1, 0.15) is 6.54 Å². The van der Waals surface area contributed by atoms with E-state index >= 15 is 0 Å². The van der Waals surface area contributed by atoms with Crippen LogP contribution in [0, 0.1) is 11.8 Å². The van der Waals surface area contributed by atoms with E-state index in [1.807, 2.05) is 13.8 Å². The monoisotopic (exact) mass is 525 g/mol. The van der Waals surface area contributed by atoms with Gasteiger partial charge >= 0.3 is 6.18 Å². The molecule has 1 aliphatic heterocycles. The predicted molar refractivity (Wildman–Crippen MR) is 117 cm³/mol. The Hall–Kier alpha value is -1.51. The first-order valence-electron chi connectivity index (χ1n) is 9.28. The first-order chi connectivity index (χ1) is 13.4. The summed E-state index contributed by atoms with van der Waals surface area (Å²) in [6.07, 6.45) is -3.32. The lowest BCUT2D eigenvalue weighted by Crippen LogP contribution is -2.44. The highest BCUT2D eigenvalue weighted by Gasteiger charge is 2.30. The average Bonchev–Trinajstić information content (AvgIpc) is 3.17. The second-order valence-electron chi connectivity index (χ2n) is 6.44. The van der Waals surface area contributed by atoms with Crippen LogP contribution >= 0.6 is 24.0 Å². The van der Waals surface area contributed by atoms with Crippen molar-refractivity contribution in [1.82, 2.24) is 10.6 Å². The molecular formula is C20H27F3IN3O2. The molecule has 0 saturated carbocycles. The highest BCUT2D eigenvalue weighted by Crippen LogP contribution is 2.29. The normalized spacial score (nSPS) is 17.7. The number of aliphatic imine (C=N–C) groups is 1. The van der Waals surface area contributed by atoms with Crippen LogP contribution in [0.2, 0.25) is 0 Å². The lowest BCUT2D eigenvalue weighted by molar-refractivity contribution is -0.137. The van der Waals surface area contributed by atoms with Crippen molar-refractivity contribution in [1.29, 1.82) is 0 Å². The zero-order chi connectivity index (χ0) is 20.4. The summed E-state index contributed by atoms with van der Waals surface area (Å²) in [6.45, 7) is 6.66.